The summed E-state index contributed by atoms with van der Waals surface area (Å²) in [5.74, 6) is 0.493. The Hall–Kier alpha value is -1.61. The largest absolute Gasteiger partial charge is 0.432 e. The number of alkyl halides is 3. The highest BCUT2D eigenvalue weighted by molar-refractivity contribution is 7.15. The van der Waals surface area contributed by atoms with Crippen LogP contribution in [0, 0.1) is 0 Å². The standard InChI is InChI=1S/C13H16F3N5S/c14-13(15,16)10-6-18-11(20-10)8-1-3-21(4-2-8)7-9-5-19-12(17)22-9/h5-6,8H,1-4,7H2,(H2,17,19)(H,18,20). The summed E-state index contributed by atoms with van der Waals surface area (Å²) in [7, 11) is 0. The normalized spacial score (nSPS) is 18.0. The second kappa shape index (κ2) is 5.88. The van der Waals surface area contributed by atoms with Crippen LogP contribution < -0.4 is 5.73 Å². The maximum atomic E-state index is 12.6. The van der Waals surface area contributed by atoms with Crippen LogP contribution in [0.2, 0.25) is 0 Å². The molecule has 1 fully saturated rings. The predicted octanol–water partition coefficient (Wildman–Crippen LogP) is 2.85. The second-order valence-corrected chi connectivity index (χ2v) is 6.54. The number of nitrogens with zero attached hydrogens (tertiary/aromatic N) is 3. The lowest BCUT2D eigenvalue weighted by Crippen LogP contribution is -2.32. The number of thiazole rings is 1. The molecular weight excluding hydrogens is 315 g/mol. The van der Waals surface area contributed by atoms with Crippen molar-refractivity contribution in [3.8, 4) is 0 Å². The van der Waals surface area contributed by atoms with Crippen molar-refractivity contribution in [3.05, 3.63) is 28.8 Å². The number of imidazole rings is 1. The summed E-state index contributed by atoms with van der Waals surface area (Å²) >= 11 is 1.47. The Kier molecular flexibility index (Phi) is 4.09. The van der Waals surface area contributed by atoms with E-state index < -0.39 is 11.9 Å². The highest BCUT2D eigenvalue weighted by Gasteiger charge is 2.34. The summed E-state index contributed by atoms with van der Waals surface area (Å²) in [6.45, 7) is 2.43. The fourth-order valence-corrected chi connectivity index (χ4v) is 3.40. The highest BCUT2D eigenvalue weighted by Crippen LogP contribution is 2.32. The Morgan fingerprint density at radius 1 is 1.27 bits per heavy atom. The molecule has 1 saturated heterocycles. The maximum absolute atomic E-state index is 12.6. The van der Waals surface area contributed by atoms with Gasteiger partial charge in [-0.25, -0.2) is 9.97 Å². The molecule has 0 bridgehead atoms. The smallest absolute Gasteiger partial charge is 0.375 e. The zero-order chi connectivity index (χ0) is 15.7. The van der Waals surface area contributed by atoms with Crippen LogP contribution in [0.1, 0.15) is 35.2 Å². The summed E-state index contributed by atoms with van der Waals surface area (Å²) in [6.07, 6.45) is -0.133. The quantitative estimate of drug-likeness (QED) is 0.907. The van der Waals surface area contributed by atoms with Gasteiger partial charge in [-0.05, 0) is 25.9 Å². The van der Waals surface area contributed by atoms with E-state index in [9.17, 15) is 13.2 Å². The number of piperidine rings is 1. The lowest BCUT2D eigenvalue weighted by Gasteiger charge is -2.30. The molecule has 120 valence electrons. The minimum absolute atomic E-state index is 0.0545. The van der Waals surface area contributed by atoms with Gasteiger partial charge in [0.15, 0.2) is 5.13 Å². The first-order chi connectivity index (χ1) is 10.4. The van der Waals surface area contributed by atoms with Crippen molar-refractivity contribution in [3.63, 3.8) is 0 Å². The predicted molar refractivity (Wildman–Crippen MR) is 77.4 cm³/mol. The molecule has 22 heavy (non-hydrogen) atoms. The number of aromatic amines is 1. The van der Waals surface area contributed by atoms with E-state index in [-0.39, 0.29) is 5.92 Å². The highest BCUT2D eigenvalue weighted by atomic mass is 32.1. The number of nitrogens with one attached hydrogen (secondary N) is 1. The zero-order valence-corrected chi connectivity index (χ0v) is 12.5. The minimum Gasteiger partial charge on any atom is -0.375 e. The molecule has 0 radical (unpaired) electrons. The van der Waals surface area contributed by atoms with Gasteiger partial charge >= 0.3 is 6.18 Å². The van der Waals surface area contributed by atoms with Gasteiger partial charge in [0.1, 0.15) is 11.5 Å². The number of likely N-dealkylation sites (tertiary alicyclic amines) is 1. The fourth-order valence-electron chi connectivity index (χ4n) is 2.67. The van der Waals surface area contributed by atoms with E-state index in [4.69, 9.17) is 5.73 Å². The molecule has 0 saturated carbocycles. The molecule has 0 unspecified atom stereocenters. The first kappa shape index (κ1) is 15.3. The van der Waals surface area contributed by atoms with E-state index >= 15 is 0 Å². The number of hydrogen-bond donors (Lipinski definition) is 2. The lowest BCUT2D eigenvalue weighted by molar-refractivity contribution is -0.141. The van der Waals surface area contributed by atoms with Crippen LogP contribution >= 0.6 is 11.3 Å². The number of nitrogens with two attached hydrogens (primary N) is 1. The molecule has 1 aliphatic rings. The van der Waals surface area contributed by atoms with E-state index in [2.05, 4.69) is 19.9 Å². The first-order valence-corrected chi connectivity index (χ1v) is 7.78. The van der Waals surface area contributed by atoms with Crippen LogP contribution in [0.4, 0.5) is 18.3 Å². The molecule has 2 aromatic rings. The third-order valence-corrected chi connectivity index (χ3v) is 4.64. The minimum atomic E-state index is -4.36. The summed E-state index contributed by atoms with van der Waals surface area (Å²) < 4.78 is 37.7. The zero-order valence-electron chi connectivity index (χ0n) is 11.7. The van der Waals surface area contributed by atoms with Crippen molar-refractivity contribution >= 4 is 16.5 Å². The molecule has 2 aromatic heterocycles. The monoisotopic (exact) mass is 331 g/mol. The van der Waals surface area contributed by atoms with Gasteiger partial charge in [0.25, 0.3) is 0 Å². The van der Waals surface area contributed by atoms with Crippen molar-refractivity contribution < 1.29 is 13.2 Å². The molecule has 0 spiro atoms. The number of halogens is 3. The van der Waals surface area contributed by atoms with Gasteiger partial charge in [-0.2, -0.15) is 13.2 Å². The van der Waals surface area contributed by atoms with E-state index in [0.29, 0.717) is 11.0 Å². The molecule has 1 aliphatic heterocycles. The molecule has 3 rings (SSSR count). The molecule has 3 heterocycles. The maximum Gasteiger partial charge on any atom is 0.432 e. The van der Waals surface area contributed by atoms with Gasteiger partial charge in [-0.3, -0.25) is 4.90 Å². The summed E-state index contributed by atoms with van der Waals surface area (Å²) in [6, 6.07) is 0. The molecule has 5 nitrogen and oxygen atoms in total. The number of anilines is 1. The Bertz CT molecular complexity index is 628. The van der Waals surface area contributed by atoms with Crippen LogP contribution in [0.3, 0.4) is 0 Å². The van der Waals surface area contributed by atoms with E-state index in [0.717, 1.165) is 43.5 Å². The fraction of sp³-hybridized carbons (Fsp3) is 0.538. The summed E-state index contributed by atoms with van der Waals surface area (Å²) in [4.78, 5) is 13.7. The van der Waals surface area contributed by atoms with E-state index in [1.54, 1.807) is 6.20 Å². The Balaban J connectivity index is 1.56. The SMILES string of the molecule is Nc1ncc(CN2CCC(c3ncc(C(F)(F)F)[nH]3)CC2)s1. The van der Waals surface area contributed by atoms with Gasteiger partial charge < -0.3 is 10.7 Å². The lowest BCUT2D eigenvalue weighted by atomic mass is 9.96. The van der Waals surface area contributed by atoms with Crippen molar-refractivity contribution in [2.24, 2.45) is 0 Å². The van der Waals surface area contributed by atoms with Crippen LogP contribution in [-0.2, 0) is 12.7 Å². The summed E-state index contributed by atoms with van der Waals surface area (Å²) in [5, 5.41) is 0.556. The Morgan fingerprint density at radius 3 is 2.55 bits per heavy atom. The van der Waals surface area contributed by atoms with Gasteiger partial charge in [0.2, 0.25) is 0 Å². The topological polar surface area (TPSA) is 70.8 Å². The van der Waals surface area contributed by atoms with Gasteiger partial charge in [0, 0.05) is 23.5 Å². The second-order valence-electron chi connectivity index (χ2n) is 5.40. The molecule has 9 heteroatoms. The number of hydrogen-bond acceptors (Lipinski definition) is 5. The van der Waals surface area contributed by atoms with Gasteiger partial charge in [0.05, 0.1) is 6.20 Å². The Morgan fingerprint density at radius 2 is 2.00 bits per heavy atom. The molecule has 0 aromatic carbocycles. The first-order valence-electron chi connectivity index (χ1n) is 6.96. The van der Waals surface area contributed by atoms with Crippen molar-refractivity contribution in [2.75, 3.05) is 18.8 Å². The third kappa shape index (κ3) is 3.41. The van der Waals surface area contributed by atoms with Crippen molar-refractivity contribution in [1.82, 2.24) is 19.9 Å². The molecule has 0 atom stereocenters. The third-order valence-electron chi connectivity index (χ3n) is 3.83. The van der Waals surface area contributed by atoms with E-state index in [1.165, 1.54) is 11.3 Å². The average molecular weight is 331 g/mol. The number of aromatic nitrogens is 3. The van der Waals surface area contributed by atoms with Crippen LogP contribution in [0.25, 0.3) is 0 Å². The van der Waals surface area contributed by atoms with Gasteiger partial charge in [-0.1, -0.05) is 0 Å². The number of H-pyrrole nitrogens is 1. The average Bonchev–Trinajstić information content (AvgIpc) is 3.08. The van der Waals surface area contributed by atoms with Crippen molar-refractivity contribution in [1.29, 1.82) is 0 Å². The van der Waals surface area contributed by atoms with Crippen LogP contribution in [0.5, 0.6) is 0 Å². The van der Waals surface area contributed by atoms with Crippen molar-refractivity contribution in [2.45, 2.75) is 31.5 Å². The molecule has 3 N–H and O–H groups in total. The summed E-state index contributed by atoms with van der Waals surface area (Å²) in [5.41, 5.74) is 4.83. The Labute approximate surface area is 129 Å². The molecule has 0 amide bonds. The van der Waals surface area contributed by atoms with Crippen LogP contribution in [0.15, 0.2) is 12.4 Å². The number of nitrogen functional groups attached to an aromatic ring is 1. The van der Waals surface area contributed by atoms with Crippen LogP contribution in [-0.4, -0.2) is 32.9 Å². The molecular formula is C13H16F3N5S. The number of rotatable bonds is 3. The van der Waals surface area contributed by atoms with Gasteiger partial charge in [-0.15, -0.1) is 11.3 Å². The van der Waals surface area contributed by atoms with E-state index in [1.807, 2.05) is 0 Å². The molecule has 0 aliphatic carbocycles.